The van der Waals surface area contributed by atoms with Crippen molar-refractivity contribution in [2.75, 3.05) is 7.11 Å². The highest BCUT2D eigenvalue weighted by molar-refractivity contribution is 7.25. The molecular weight excluding hydrogens is 711 g/mol. The number of benzene rings is 8. The van der Waals surface area contributed by atoms with Gasteiger partial charge in [0, 0.05) is 42.7 Å². The summed E-state index contributed by atoms with van der Waals surface area (Å²) in [5.41, 5.74) is 13.4. The molecule has 0 radical (unpaired) electrons. The van der Waals surface area contributed by atoms with Gasteiger partial charge in [-0.05, 0) is 123 Å². The number of rotatable bonds is 8. The average Bonchev–Trinajstić information content (AvgIpc) is 3.84. The van der Waals surface area contributed by atoms with E-state index in [2.05, 4.69) is 194 Å². The van der Waals surface area contributed by atoms with Crippen LogP contribution in [0, 0.1) is 6.92 Å². The minimum Gasteiger partial charge on any atom is -0.497 e. The molecule has 1 unspecified atom stereocenters. The lowest BCUT2D eigenvalue weighted by Gasteiger charge is -2.19. The van der Waals surface area contributed by atoms with Crippen LogP contribution in [0.25, 0.3) is 81.6 Å². The fraction of sp³-hybridized carbons (Fsp3) is 0.0741. The Morgan fingerprint density at radius 1 is 0.596 bits per heavy atom. The van der Waals surface area contributed by atoms with E-state index in [1.807, 2.05) is 23.5 Å². The molecule has 0 fully saturated rings. The molecule has 0 N–H and O–H groups in total. The van der Waals surface area contributed by atoms with Crippen molar-refractivity contribution < 1.29 is 4.74 Å². The third-order valence-corrected chi connectivity index (χ3v) is 12.7. The Kier molecular flexibility index (Phi) is 8.81. The molecule has 10 rings (SSSR count). The Hall–Kier alpha value is -6.68. The molecular formula is C54H41NOS. The predicted molar refractivity (Wildman–Crippen MR) is 245 cm³/mol. The van der Waals surface area contributed by atoms with Crippen molar-refractivity contribution in [2.45, 2.75) is 19.8 Å². The lowest BCUT2D eigenvalue weighted by Crippen LogP contribution is -1.99. The summed E-state index contributed by atoms with van der Waals surface area (Å²) in [4.78, 5) is 0. The van der Waals surface area contributed by atoms with Crippen LogP contribution in [0.3, 0.4) is 0 Å². The number of hydrogen-bond acceptors (Lipinski definition) is 2. The predicted octanol–water partition coefficient (Wildman–Crippen LogP) is 15.1. The molecule has 1 atom stereocenters. The summed E-state index contributed by atoms with van der Waals surface area (Å²) in [6.07, 6.45) is 2.42. The van der Waals surface area contributed by atoms with E-state index in [0.29, 0.717) is 0 Å². The Bertz CT molecular complexity index is 3120. The fourth-order valence-electron chi connectivity index (χ4n) is 8.48. The molecule has 8 aromatic carbocycles. The number of thiophene rings is 1. The largest absolute Gasteiger partial charge is 0.497 e. The van der Waals surface area contributed by atoms with Gasteiger partial charge in [-0.1, -0.05) is 128 Å². The highest BCUT2D eigenvalue weighted by Gasteiger charge is 2.18. The Morgan fingerprint density at radius 3 is 2.16 bits per heavy atom. The van der Waals surface area contributed by atoms with Crippen molar-refractivity contribution in [3.8, 4) is 33.8 Å². The van der Waals surface area contributed by atoms with Crippen molar-refractivity contribution >= 4 is 64.8 Å². The first-order valence-corrected chi connectivity index (χ1v) is 20.4. The van der Waals surface area contributed by atoms with Crippen LogP contribution in [-0.4, -0.2) is 11.7 Å². The maximum absolute atomic E-state index is 5.53. The van der Waals surface area contributed by atoms with Crippen LogP contribution in [0.15, 0.2) is 182 Å². The second-order valence-corrected chi connectivity index (χ2v) is 16.1. The lowest BCUT2D eigenvalue weighted by molar-refractivity contribution is 0.415. The summed E-state index contributed by atoms with van der Waals surface area (Å²) in [7, 11) is 1.71. The standard InChI is InChI=1S/C54H41NOS/c1-35-20-21-40(30-42(35)33-49(38-12-5-4-6-13-38)36(2)39-23-29-54-50(32-39)48-17-9-10-19-53(48)57-54)41-22-28-51-43(31-41)34-52(55(51)44-24-26-45(56-3)27-25-44)47-18-11-15-37-14-7-8-16-46(37)47/h4-34,36H,1-3H3/b49-33+. The van der Waals surface area contributed by atoms with E-state index < -0.39 is 0 Å². The van der Waals surface area contributed by atoms with E-state index >= 15 is 0 Å². The first-order valence-electron chi connectivity index (χ1n) is 19.6. The zero-order chi connectivity index (χ0) is 38.5. The number of nitrogens with zero attached hydrogens (tertiary/aromatic N) is 1. The van der Waals surface area contributed by atoms with Gasteiger partial charge >= 0.3 is 0 Å². The van der Waals surface area contributed by atoms with Gasteiger partial charge in [0.2, 0.25) is 0 Å². The molecule has 0 aliphatic carbocycles. The summed E-state index contributed by atoms with van der Waals surface area (Å²) in [6, 6.07) is 66.4. The molecule has 0 amide bonds. The number of aromatic nitrogens is 1. The topological polar surface area (TPSA) is 14.2 Å². The van der Waals surface area contributed by atoms with Crippen LogP contribution < -0.4 is 4.74 Å². The SMILES string of the molecule is COc1ccc(-n2c(-c3cccc4ccccc34)cc3cc(-c4ccc(C)c(/C=C(/c5ccccc5)C(C)c5ccc6sc7ccccc7c6c5)c4)ccc32)cc1. The Balaban J connectivity index is 1.09. The van der Waals surface area contributed by atoms with Crippen molar-refractivity contribution in [3.63, 3.8) is 0 Å². The minimum atomic E-state index is 0.181. The molecule has 10 aromatic rings. The van der Waals surface area contributed by atoms with Crippen molar-refractivity contribution in [3.05, 3.63) is 204 Å². The molecule has 0 spiro atoms. The summed E-state index contributed by atoms with van der Waals surface area (Å²) in [5, 5.41) is 6.33. The molecule has 0 saturated heterocycles. The van der Waals surface area contributed by atoms with E-state index in [1.165, 1.54) is 80.8 Å². The molecule has 2 aromatic heterocycles. The van der Waals surface area contributed by atoms with Crippen LogP contribution in [0.1, 0.15) is 35.1 Å². The van der Waals surface area contributed by atoms with Gasteiger partial charge in [0.1, 0.15) is 5.75 Å². The van der Waals surface area contributed by atoms with Gasteiger partial charge in [-0.15, -0.1) is 11.3 Å². The third-order valence-electron chi connectivity index (χ3n) is 11.6. The number of hydrogen-bond donors (Lipinski definition) is 0. The number of ether oxygens (including phenoxy) is 1. The van der Waals surface area contributed by atoms with E-state index in [0.717, 1.165) is 22.6 Å². The van der Waals surface area contributed by atoms with E-state index in [1.54, 1.807) is 7.11 Å². The minimum absolute atomic E-state index is 0.181. The molecule has 0 bridgehead atoms. The maximum Gasteiger partial charge on any atom is 0.119 e. The molecule has 0 aliphatic heterocycles. The van der Waals surface area contributed by atoms with Crippen LogP contribution in [0.4, 0.5) is 0 Å². The van der Waals surface area contributed by atoms with Gasteiger partial charge in [0.15, 0.2) is 0 Å². The van der Waals surface area contributed by atoms with E-state index in [9.17, 15) is 0 Å². The Morgan fingerprint density at radius 2 is 1.32 bits per heavy atom. The average molecular weight is 752 g/mol. The van der Waals surface area contributed by atoms with Gasteiger partial charge in [-0.3, -0.25) is 0 Å². The molecule has 0 saturated carbocycles. The lowest BCUT2D eigenvalue weighted by atomic mass is 9.85. The zero-order valence-electron chi connectivity index (χ0n) is 32.2. The van der Waals surface area contributed by atoms with Crippen molar-refractivity contribution in [1.29, 1.82) is 0 Å². The summed E-state index contributed by atoms with van der Waals surface area (Å²) in [6.45, 7) is 4.57. The summed E-state index contributed by atoms with van der Waals surface area (Å²) < 4.78 is 10.6. The number of allylic oxidation sites excluding steroid dienone is 1. The first-order chi connectivity index (χ1) is 28.0. The second kappa shape index (κ2) is 14.4. The summed E-state index contributed by atoms with van der Waals surface area (Å²) in [5.74, 6) is 1.02. The fourth-order valence-corrected chi connectivity index (χ4v) is 9.56. The smallest absolute Gasteiger partial charge is 0.119 e. The normalized spacial score (nSPS) is 12.5. The first kappa shape index (κ1) is 34.8. The molecule has 2 heterocycles. The van der Waals surface area contributed by atoms with Gasteiger partial charge in [-0.2, -0.15) is 0 Å². The highest BCUT2D eigenvalue weighted by atomic mass is 32.1. The van der Waals surface area contributed by atoms with Crippen LogP contribution in [0.2, 0.25) is 0 Å². The Labute approximate surface area is 337 Å². The van der Waals surface area contributed by atoms with Gasteiger partial charge in [0.05, 0.1) is 18.3 Å². The van der Waals surface area contributed by atoms with Gasteiger partial charge in [0.25, 0.3) is 0 Å². The van der Waals surface area contributed by atoms with Gasteiger partial charge < -0.3 is 9.30 Å². The van der Waals surface area contributed by atoms with Crippen LogP contribution >= 0.6 is 11.3 Å². The summed E-state index contributed by atoms with van der Waals surface area (Å²) >= 11 is 1.87. The second-order valence-electron chi connectivity index (χ2n) is 15.0. The monoisotopic (exact) mass is 751 g/mol. The molecule has 274 valence electrons. The molecule has 57 heavy (non-hydrogen) atoms. The van der Waals surface area contributed by atoms with Crippen molar-refractivity contribution in [2.24, 2.45) is 0 Å². The van der Waals surface area contributed by atoms with Gasteiger partial charge in [-0.25, -0.2) is 0 Å². The van der Waals surface area contributed by atoms with E-state index in [-0.39, 0.29) is 5.92 Å². The highest BCUT2D eigenvalue weighted by Crippen LogP contribution is 2.41. The van der Waals surface area contributed by atoms with E-state index in [4.69, 9.17) is 4.74 Å². The van der Waals surface area contributed by atoms with Crippen LogP contribution in [-0.2, 0) is 0 Å². The van der Waals surface area contributed by atoms with Crippen molar-refractivity contribution in [1.82, 2.24) is 4.57 Å². The number of methoxy groups -OCH3 is 1. The molecule has 2 nitrogen and oxygen atoms in total. The third kappa shape index (κ3) is 6.31. The maximum atomic E-state index is 5.53. The quantitative estimate of drug-likeness (QED) is 0.141. The number of fused-ring (bicyclic) bond motifs is 5. The zero-order valence-corrected chi connectivity index (χ0v) is 33.1. The molecule has 3 heteroatoms. The van der Waals surface area contributed by atoms with Crippen LogP contribution in [0.5, 0.6) is 5.75 Å². The number of aryl methyl sites for hydroxylation is 1. The molecule has 0 aliphatic rings.